The molecule has 0 bridgehead atoms. The molecule has 1 N–H and O–H groups in total. The maximum atomic E-state index is 12.8. The third kappa shape index (κ3) is 7.47. The number of ether oxygens (including phenoxy) is 1. The summed E-state index contributed by atoms with van der Waals surface area (Å²) in [6, 6.07) is 11.4. The predicted octanol–water partition coefficient (Wildman–Crippen LogP) is 5.17. The van der Waals surface area contributed by atoms with Gasteiger partial charge in [-0.3, -0.25) is 14.6 Å². The monoisotopic (exact) mass is 518 g/mol. The van der Waals surface area contributed by atoms with Crippen molar-refractivity contribution in [1.82, 2.24) is 9.91 Å². The maximum absolute atomic E-state index is 12.8. The Labute approximate surface area is 215 Å². The van der Waals surface area contributed by atoms with Crippen molar-refractivity contribution in [2.45, 2.75) is 52.3 Å². The van der Waals surface area contributed by atoms with E-state index in [1.165, 1.54) is 12.1 Å². The zero-order valence-electron chi connectivity index (χ0n) is 21.3. The van der Waals surface area contributed by atoms with Crippen LogP contribution in [0.15, 0.2) is 53.6 Å². The molecule has 1 aliphatic rings. The van der Waals surface area contributed by atoms with E-state index >= 15 is 0 Å². The van der Waals surface area contributed by atoms with Crippen molar-refractivity contribution in [2.24, 2.45) is 5.10 Å². The summed E-state index contributed by atoms with van der Waals surface area (Å²) in [6.07, 6.45) is -2.43. The van der Waals surface area contributed by atoms with Gasteiger partial charge in [-0.1, -0.05) is 20.8 Å². The molecular weight excluding hydrogens is 485 g/mol. The van der Waals surface area contributed by atoms with Gasteiger partial charge in [-0.2, -0.15) is 18.3 Å². The van der Waals surface area contributed by atoms with Crippen molar-refractivity contribution in [3.63, 3.8) is 0 Å². The molecule has 37 heavy (non-hydrogen) atoms. The van der Waals surface area contributed by atoms with Crippen LogP contribution in [0.5, 0.6) is 5.75 Å². The summed E-state index contributed by atoms with van der Waals surface area (Å²) in [5, 5.41) is 8.89. The number of alkyl halides is 3. The van der Waals surface area contributed by atoms with Crippen LogP contribution in [-0.4, -0.2) is 59.7 Å². The smallest absolute Gasteiger partial charge is 0.416 e. The van der Waals surface area contributed by atoms with Crippen LogP contribution in [0, 0.1) is 0 Å². The number of hydrogen-bond donors (Lipinski definition) is 1. The van der Waals surface area contributed by atoms with Gasteiger partial charge in [0.15, 0.2) is 0 Å². The summed E-state index contributed by atoms with van der Waals surface area (Å²) in [5.74, 6) is 0.317. The van der Waals surface area contributed by atoms with Crippen LogP contribution in [0.3, 0.4) is 0 Å². The lowest BCUT2D eigenvalue weighted by atomic mass is 10.0. The lowest BCUT2D eigenvalue weighted by molar-refractivity contribution is -0.137. The zero-order valence-corrected chi connectivity index (χ0v) is 21.3. The van der Waals surface area contributed by atoms with Gasteiger partial charge >= 0.3 is 6.18 Å². The molecule has 0 saturated carbocycles. The Morgan fingerprint density at radius 3 is 2.30 bits per heavy atom. The predicted molar refractivity (Wildman–Crippen MR) is 136 cm³/mol. The fourth-order valence-electron chi connectivity index (χ4n) is 4.09. The van der Waals surface area contributed by atoms with Crippen molar-refractivity contribution in [3.05, 3.63) is 59.7 Å². The van der Waals surface area contributed by atoms with Gasteiger partial charge in [0.2, 0.25) is 11.8 Å². The molecule has 0 saturated heterocycles. The summed E-state index contributed by atoms with van der Waals surface area (Å²) < 4.78 is 44.1. The van der Waals surface area contributed by atoms with Gasteiger partial charge in [0.25, 0.3) is 0 Å². The molecule has 1 unspecified atom stereocenters. The van der Waals surface area contributed by atoms with Crippen molar-refractivity contribution in [2.75, 3.05) is 31.6 Å². The van der Waals surface area contributed by atoms with Crippen LogP contribution in [0.4, 0.5) is 18.9 Å². The summed E-state index contributed by atoms with van der Waals surface area (Å²) in [7, 11) is 0. The molecule has 0 aromatic heterocycles. The standard InChI is InChI=1S/C27H33F3N4O3/c1-4-15-34(25(36)6-3)23-17-33(32-26(23)19-7-13-22(14-8-19)37-16-5-2)18-24(35)31-21-11-9-20(10-12-21)27(28,29)30/h7-14,23H,4-6,15-18H2,1-3H3,(H,31,35). The van der Waals surface area contributed by atoms with Crippen molar-refractivity contribution >= 4 is 23.2 Å². The van der Waals surface area contributed by atoms with E-state index in [-0.39, 0.29) is 24.2 Å². The summed E-state index contributed by atoms with van der Waals surface area (Å²) in [5.41, 5.74) is 0.975. The van der Waals surface area contributed by atoms with E-state index in [0.29, 0.717) is 31.8 Å². The van der Waals surface area contributed by atoms with E-state index in [0.717, 1.165) is 36.3 Å². The SMILES string of the molecule is CCCOc1ccc(C2=NN(CC(=O)Nc3ccc(C(F)(F)F)cc3)CC2N(CCC)C(=O)CC)cc1. The number of benzene rings is 2. The minimum Gasteiger partial charge on any atom is -0.494 e. The topological polar surface area (TPSA) is 74.2 Å². The summed E-state index contributed by atoms with van der Waals surface area (Å²) in [6.45, 7) is 7.22. The van der Waals surface area contributed by atoms with Crippen LogP contribution in [0.2, 0.25) is 0 Å². The Bertz CT molecular complexity index is 1090. The molecule has 10 heteroatoms. The Hall–Kier alpha value is -3.56. The first-order valence-corrected chi connectivity index (χ1v) is 12.5. The van der Waals surface area contributed by atoms with Crippen molar-refractivity contribution in [3.8, 4) is 5.75 Å². The van der Waals surface area contributed by atoms with Gasteiger partial charge in [-0.05, 0) is 61.4 Å². The third-order valence-corrected chi connectivity index (χ3v) is 5.86. The van der Waals surface area contributed by atoms with Crippen LogP contribution in [0.1, 0.15) is 51.2 Å². The minimum absolute atomic E-state index is 0.00138. The number of amides is 2. The van der Waals surface area contributed by atoms with E-state index in [9.17, 15) is 22.8 Å². The number of halogens is 3. The highest BCUT2D eigenvalue weighted by Crippen LogP contribution is 2.30. The molecule has 1 atom stereocenters. The number of rotatable bonds is 11. The molecule has 0 spiro atoms. The molecule has 2 aromatic rings. The van der Waals surface area contributed by atoms with Crippen LogP contribution in [-0.2, 0) is 15.8 Å². The van der Waals surface area contributed by atoms with Crippen LogP contribution >= 0.6 is 0 Å². The first kappa shape index (κ1) is 28.0. The Morgan fingerprint density at radius 1 is 1.05 bits per heavy atom. The van der Waals surface area contributed by atoms with E-state index in [2.05, 4.69) is 10.4 Å². The lowest BCUT2D eigenvalue weighted by Crippen LogP contribution is -2.47. The molecule has 0 aliphatic carbocycles. The normalized spacial score (nSPS) is 15.4. The van der Waals surface area contributed by atoms with Gasteiger partial charge in [0.1, 0.15) is 12.3 Å². The number of carbonyl (C=O) groups excluding carboxylic acids is 2. The van der Waals surface area contributed by atoms with Gasteiger partial charge in [-0.15, -0.1) is 0 Å². The second kappa shape index (κ2) is 12.6. The fraction of sp³-hybridized carbons (Fsp3) is 0.444. The second-order valence-corrected chi connectivity index (χ2v) is 8.78. The van der Waals surface area contributed by atoms with Gasteiger partial charge in [0, 0.05) is 24.2 Å². The highest BCUT2D eigenvalue weighted by atomic mass is 19.4. The van der Waals surface area contributed by atoms with Crippen molar-refractivity contribution in [1.29, 1.82) is 0 Å². The van der Waals surface area contributed by atoms with Gasteiger partial charge < -0.3 is 15.0 Å². The highest BCUT2D eigenvalue weighted by Gasteiger charge is 2.35. The number of nitrogens with zero attached hydrogens (tertiary/aromatic N) is 3. The number of carbonyl (C=O) groups is 2. The average Bonchev–Trinajstić information content (AvgIpc) is 3.28. The quantitative estimate of drug-likeness (QED) is 0.446. The average molecular weight is 519 g/mol. The zero-order chi connectivity index (χ0) is 27.0. The molecule has 7 nitrogen and oxygen atoms in total. The first-order valence-electron chi connectivity index (χ1n) is 12.5. The largest absolute Gasteiger partial charge is 0.494 e. The van der Waals surface area contributed by atoms with E-state index in [4.69, 9.17) is 4.74 Å². The first-order chi connectivity index (χ1) is 17.7. The molecule has 0 radical (unpaired) electrons. The summed E-state index contributed by atoms with van der Waals surface area (Å²) in [4.78, 5) is 27.3. The Morgan fingerprint density at radius 2 is 1.73 bits per heavy atom. The Balaban J connectivity index is 1.78. The van der Waals surface area contributed by atoms with Crippen LogP contribution in [0.25, 0.3) is 0 Å². The molecule has 2 aromatic carbocycles. The second-order valence-electron chi connectivity index (χ2n) is 8.78. The number of hydrogen-bond acceptors (Lipinski definition) is 5. The molecule has 0 fully saturated rings. The summed E-state index contributed by atoms with van der Waals surface area (Å²) >= 11 is 0. The van der Waals surface area contributed by atoms with Crippen molar-refractivity contribution < 1.29 is 27.5 Å². The Kier molecular flexibility index (Phi) is 9.54. The highest BCUT2D eigenvalue weighted by molar-refractivity contribution is 6.07. The number of anilines is 1. The van der Waals surface area contributed by atoms with Crippen LogP contribution < -0.4 is 10.1 Å². The fourth-order valence-corrected chi connectivity index (χ4v) is 4.09. The van der Waals surface area contributed by atoms with Gasteiger partial charge in [0.05, 0.1) is 30.5 Å². The molecular formula is C27H33F3N4O3. The molecule has 3 rings (SSSR count). The number of hydrazone groups is 1. The van der Waals surface area contributed by atoms with Gasteiger partial charge in [-0.25, -0.2) is 0 Å². The van der Waals surface area contributed by atoms with E-state index < -0.39 is 17.6 Å². The maximum Gasteiger partial charge on any atom is 0.416 e. The molecule has 200 valence electrons. The third-order valence-electron chi connectivity index (χ3n) is 5.86. The molecule has 1 heterocycles. The molecule has 1 aliphatic heterocycles. The lowest BCUT2D eigenvalue weighted by Gasteiger charge is -2.29. The van der Waals surface area contributed by atoms with E-state index in [1.54, 1.807) is 9.91 Å². The minimum atomic E-state index is -4.45. The van der Waals surface area contributed by atoms with E-state index in [1.807, 2.05) is 45.0 Å². The number of nitrogens with one attached hydrogen (secondary N) is 1. The molecule has 2 amide bonds.